The molecule has 0 radical (unpaired) electrons. The van der Waals surface area contributed by atoms with E-state index in [9.17, 15) is 0 Å². The van der Waals surface area contributed by atoms with E-state index >= 15 is 0 Å². The number of furan rings is 1. The molecule has 0 aliphatic carbocycles. The molecule has 2 aromatic carbocycles. The van der Waals surface area contributed by atoms with Crippen molar-refractivity contribution in [3.63, 3.8) is 0 Å². The van der Waals surface area contributed by atoms with Gasteiger partial charge in [0.1, 0.15) is 11.2 Å². The second-order valence-electron chi connectivity index (χ2n) is 3.33. The SMILES string of the molecule is Brc1c(I)ccc2oc3ccccc3c12. The minimum absolute atomic E-state index is 0.934. The van der Waals surface area contributed by atoms with Crippen LogP contribution in [0.5, 0.6) is 0 Å². The third-order valence-corrected chi connectivity index (χ3v) is 4.90. The Morgan fingerprint density at radius 1 is 1.00 bits per heavy atom. The lowest BCUT2D eigenvalue weighted by Crippen LogP contribution is -1.74. The van der Waals surface area contributed by atoms with Crippen molar-refractivity contribution in [1.29, 1.82) is 0 Å². The lowest BCUT2D eigenvalue weighted by atomic mass is 10.2. The Balaban J connectivity index is 2.63. The zero-order chi connectivity index (χ0) is 10.4. The largest absolute Gasteiger partial charge is 0.456 e. The fraction of sp³-hybridized carbons (Fsp3) is 0. The summed E-state index contributed by atoms with van der Waals surface area (Å²) in [6, 6.07) is 12.2. The zero-order valence-corrected chi connectivity index (χ0v) is 11.4. The van der Waals surface area contributed by atoms with Crippen LogP contribution in [-0.2, 0) is 0 Å². The fourth-order valence-electron chi connectivity index (χ4n) is 1.75. The summed E-state index contributed by atoms with van der Waals surface area (Å²) < 4.78 is 8.07. The van der Waals surface area contributed by atoms with Crippen LogP contribution in [0.3, 0.4) is 0 Å². The maximum Gasteiger partial charge on any atom is 0.136 e. The Morgan fingerprint density at radius 3 is 2.67 bits per heavy atom. The predicted molar refractivity (Wildman–Crippen MR) is 74.1 cm³/mol. The van der Waals surface area contributed by atoms with Gasteiger partial charge in [-0.05, 0) is 56.7 Å². The van der Waals surface area contributed by atoms with Crippen molar-refractivity contribution in [3.8, 4) is 0 Å². The smallest absolute Gasteiger partial charge is 0.136 e. The van der Waals surface area contributed by atoms with Crippen molar-refractivity contribution in [3.05, 3.63) is 44.4 Å². The van der Waals surface area contributed by atoms with Gasteiger partial charge in [0.15, 0.2) is 0 Å². The van der Waals surface area contributed by atoms with E-state index in [4.69, 9.17) is 4.42 Å². The summed E-state index contributed by atoms with van der Waals surface area (Å²) in [5, 5.41) is 2.33. The summed E-state index contributed by atoms with van der Waals surface area (Å²) in [6.45, 7) is 0. The van der Waals surface area contributed by atoms with Crippen molar-refractivity contribution in [2.24, 2.45) is 0 Å². The maximum atomic E-state index is 5.75. The molecule has 74 valence electrons. The van der Waals surface area contributed by atoms with Gasteiger partial charge in [-0.15, -0.1) is 0 Å². The van der Waals surface area contributed by atoms with Crippen molar-refractivity contribution >= 4 is 60.5 Å². The molecule has 0 atom stereocenters. The van der Waals surface area contributed by atoms with Gasteiger partial charge in [-0.2, -0.15) is 0 Å². The normalized spacial score (nSPS) is 11.3. The summed E-state index contributed by atoms with van der Waals surface area (Å²) in [5.74, 6) is 0. The molecule has 0 saturated heterocycles. The molecule has 0 aliphatic heterocycles. The average molecular weight is 373 g/mol. The van der Waals surface area contributed by atoms with Crippen LogP contribution in [0.4, 0.5) is 0 Å². The molecule has 0 fully saturated rings. The molecular weight excluding hydrogens is 367 g/mol. The molecule has 15 heavy (non-hydrogen) atoms. The topological polar surface area (TPSA) is 13.1 Å². The monoisotopic (exact) mass is 372 g/mol. The minimum atomic E-state index is 0.934. The zero-order valence-electron chi connectivity index (χ0n) is 7.63. The molecule has 0 saturated carbocycles. The number of hydrogen-bond acceptors (Lipinski definition) is 1. The summed E-state index contributed by atoms with van der Waals surface area (Å²) in [6.07, 6.45) is 0. The Morgan fingerprint density at radius 2 is 1.80 bits per heavy atom. The van der Waals surface area contributed by atoms with E-state index in [1.54, 1.807) is 0 Å². The molecule has 0 N–H and O–H groups in total. The molecule has 1 nitrogen and oxygen atoms in total. The molecule has 0 spiro atoms. The third kappa shape index (κ3) is 1.40. The van der Waals surface area contributed by atoms with Crippen LogP contribution >= 0.6 is 38.5 Å². The van der Waals surface area contributed by atoms with Gasteiger partial charge in [-0.3, -0.25) is 0 Å². The summed E-state index contributed by atoms with van der Waals surface area (Å²) in [5.41, 5.74) is 1.87. The van der Waals surface area contributed by atoms with E-state index in [2.05, 4.69) is 50.7 Å². The molecular formula is C12H6BrIO. The van der Waals surface area contributed by atoms with E-state index in [-0.39, 0.29) is 0 Å². The third-order valence-electron chi connectivity index (χ3n) is 2.43. The molecule has 3 heteroatoms. The average Bonchev–Trinajstić information content (AvgIpc) is 2.62. The van der Waals surface area contributed by atoms with Gasteiger partial charge in [-0.1, -0.05) is 18.2 Å². The van der Waals surface area contributed by atoms with E-state index < -0.39 is 0 Å². The quantitative estimate of drug-likeness (QED) is 0.509. The van der Waals surface area contributed by atoms with Crippen LogP contribution in [0.15, 0.2) is 45.3 Å². The van der Waals surface area contributed by atoms with Gasteiger partial charge in [0.05, 0.1) is 0 Å². The van der Waals surface area contributed by atoms with Crippen LogP contribution < -0.4 is 0 Å². The van der Waals surface area contributed by atoms with E-state index in [0.717, 1.165) is 26.4 Å². The van der Waals surface area contributed by atoms with Crippen LogP contribution in [0.1, 0.15) is 0 Å². The highest BCUT2D eigenvalue weighted by Gasteiger charge is 2.10. The van der Waals surface area contributed by atoms with Crippen molar-refractivity contribution in [2.75, 3.05) is 0 Å². The number of para-hydroxylation sites is 1. The number of benzene rings is 2. The Hall–Kier alpha value is -0.550. The summed E-state index contributed by atoms with van der Waals surface area (Å²) in [7, 11) is 0. The molecule has 3 rings (SSSR count). The molecule has 1 heterocycles. The predicted octanol–water partition coefficient (Wildman–Crippen LogP) is 4.95. The maximum absolute atomic E-state index is 5.75. The van der Waals surface area contributed by atoms with Crippen molar-refractivity contribution < 1.29 is 4.42 Å². The Kier molecular flexibility index (Phi) is 2.25. The Labute approximate surface area is 109 Å². The first kappa shape index (κ1) is 9.66. The fourth-order valence-corrected chi connectivity index (χ4v) is 2.74. The van der Waals surface area contributed by atoms with Gasteiger partial charge in [-0.25, -0.2) is 0 Å². The van der Waals surface area contributed by atoms with Crippen molar-refractivity contribution in [1.82, 2.24) is 0 Å². The minimum Gasteiger partial charge on any atom is -0.456 e. The lowest BCUT2D eigenvalue weighted by molar-refractivity contribution is 0.669. The molecule has 3 aromatic rings. The second kappa shape index (κ2) is 3.49. The Bertz CT molecular complexity index is 657. The van der Waals surface area contributed by atoms with Gasteiger partial charge >= 0.3 is 0 Å². The first-order chi connectivity index (χ1) is 7.27. The van der Waals surface area contributed by atoms with E-state index in [1.165, 1.54) is 3.57 Å². The highest BCUT2D eigenvalue weighted by atomic mass is 127. The van der Waals surface area contributed by atoms with Crippen molar-refractivity contribution in [2.45, 2.75) is 0 Å². The first-order valence-corrected chi connectivity index (χ1v) is 6.40. The van der Waals surface area contributed by atoms with Gasteiger partial charge in [0.25, 0.3) is 0 Å². The van der Waals surface area contributed by atoms with Gasteiger partial charge in [0.2, 0.25) is 0 Å². The number of halogens is 2. The molecule has 0 bridgehead atoms. The first-order valence-electron chi connectivity index (χ1n) is 4.52. The van der Waals surface area contributed by atoms with Crippen LogP contribution in [0, 0.1) is 3.57 Å². The number of rotatable bonds is 0. The highest BCUT2D eigenvalue weighted by molar-refractivity contribution is 14.1. The molecule has 1 aromatic heterocycles. The molecule has 0 amide bonds. The van der Waals surface area contributed by atoms with Gasteiger partial charge in [0, 0.05) is 18.8 Å². The number of fused-ring (bicyclic) bond motifs is 3. The highest BCUT2D eigenvalue weighted by Crippen LogP contribution is 2.36. The molecule has 0 unspecified atom stereocenters. The van der Waals surface area contributed by atoms with Gasteiger partial charge < -0.3 is 4.42 Å². The van der Waals surface area contributed by atoms with E-state index in [1.807, 2.05) is 24.3 Å². The van der Waals surface area contributed by atoms with Crippen LogP contribution in [0.2, 0.25) is 0 Å². The number of hydrogen-bond donors (Lipinski definition) is 0. The molecule has 0 aliphatic rings. The second-order valence-corrected chi connectivity index (χ2v) is 5.29. The van der Waals surface area contributed by atoms with E-state index in [0.29, 0.717) is 0 Å². The lowest BCUT2D eigenvalue weighted by Gasteiger charge is -1.96. The summed E-state index contributed by atoms with van der Waals surface area (Å²) >= 11 is 5.93. The van der Waals surface area contributed by atoms with Crippen LogP contribution in [0.25, 0.3) is 21.9 Å². The standard InChI is InChI=1S/C12H6BrIO/c13-12-8(14)5-6-10-11(12)7-3-1-2-4-9(7)15-10/h1-6H. The van der Waals surface area contributed by atoms with Crippen LogP contribution in [-0.4, -0.2) is 0 Å². The summed E-state index contributed by atoms with van der Waals surface area (Å²) in [4.78, 5) is 0.